The van der Waals surface area contributed by atoms with Crippen LogP contribution in [0.1, 0.15) is 18.9 Å². The zero-order valence-corrected chi connectivity index (χ0v) is 9.73. The molecule has 0 spiro atoms. The fourth-order valence-corrected chi connectivity index (χ4v) is 2.19. The van der Waals surface area contributed by atoms with Crippen molar-refractivity contribution in [2.45, 2.75) is 19.4 Å². The van der Waals surface area contributed by atoms with Crippen LogP contribution in [0.3, 0.4) is 0 Å². The van der Waals surface area contributed by atoms with E-state index in [9.17, 15) is 9.50 Å². The molecule has 0 bridgehead atoms. The van der Waals surface area contributed by atoms with E-state index < -0.39 is 5.82 Å². The molecule has 1 aromatic carbocycles. The Morgan fingerprint density at radius 3 is 2.88 bits per heavy atom. The van der Waals surface area contributed by atoms with E-state index in [1.165, 1.54) is 12.1 Å². The Labute approximate surface area is 100 Å². The number of hydrogen-bond donors (Lipinski definition) is 1. The van der Waals surface area contributed by atoms with Crippen LogP contribution in [0.15, 0.2) is 18.2 Å². The largest absolute Gasteiger partial charge is 0.393 e. The molecular weight excluding hydrogens is 219 g/mol. The molecular formula is C13H15FN2O. The monoisotopic (exact) mass is 234 g/mol. The summed E-state index contributed by atoms with van der Waals surface area (Å²) in [7, 11) is 0. The minimum atomic E-state index is -0.391. The van der Waals surface area contributed by atoms with Gasteiger partial charge in [-0.1, -0.05) is 6.92 Å². The summed E-state index contributed by atoms with van der Waals surface area (Å²) in [4.78, 5) is 2.02. The van der Waals surface area contributed by atoms with Gasteiger partial charge < -0.3 is 10.0 Å². The quantitative estimate of drug-likeness (QED) is 0.807. The van der Waals surface area contributed by atoms with E-state index in [2.05, 4.69) is 0 Å². The van der Waals surface area contributed by atoms with Crippen LogP contribution in [0.2, 0.25) is 0 Å². The molecule has 1 N–H and O–H groups in total. The third-order valence-corrected chi connectivity index (χ3v) is 3.24. The Morgan fingerprint density at radius 2 is 2.24 bits per heavy atom. The normalized spacial score (nSPS) is 24.5. The highest BCUT2D eigenvalue weighted by Gasteiger charge is 2.24. The van der Waals surface area contributed by atoms with E-state index in [0.717, 1.165) is 5.69 Å². The maximum Gasteiger partial charge on any atom is 0.126 e. The number of nitriles is 1. The van der Waals surface area contributed by atoms with Gasteiger partial charge in [0.2, 0.25) is 0 Å². The molecule has 2 rings (SSSR count). The van der Waals surface area contributed by atoms with Crippen LogP contribution >= 0.6 is 0 Å². The van der Waals surface area contributed by atoms with Crippen LogP contribution in [0.4, 0.5) is 10.1 Å². The first-order chi connectivity index (χ1) is 8.10. The molecule has 0 saturated carbocycles. The van der Waals surface area contributed by atoms with Gasteiger partial charge in [0.25, 0.3) is 0 Å². The first kappa shape index (κ1) is 11.9. The first-order valence-electron chi connectivity index (χ1n) is 5.74. The molecule has 1 heterocycles. The molecule has 0 aromatic heterocycles. The highest BCUT2D eigenvalue weighted by atomic mass is 19.1. The summed E-state index contributed by atoms with van der Waals surface area (Å²) in [6.45, 7) is 3.36. The molecule has 1 aliphatic rings. The van der Waals surface area contributed by atoms with Crippen LogP contribution in [0, 0.1) is 23.1 Å². The summed E-state index contributed by atoms with van der Waals surface area (Å²) in [5.41, 5.74) is 1.05. The van der Waals surface area contributed by atoms with Crippen molar-refractivity contribution >= 4 is 5.69 Å². The van der Waals surface area contributed by atoms with Crippen LogP contribution in [0.25, 0.3) is 0 Å². The van der Waals surface area contributed by atoms with Crippen molar-refractivity contribution < 1.29 is 9.50 Å². The number of halogens is 1. The van der Waals surface area contributed by atoms with Crippen LogP contribution in [-0.4, -0.2) is 24.3 Å². The van der Waals surface area contributed by atoms with Gasteiger partial charge in [-0.05, 0) is 30.5 Å². The van der Waals surface area contributed by atoms with Gasteiger partial charge in [-0.25, -0.2) is 4.39 Å². The van der Waals surface area contributed by atoms with Crippen molar-refractivity contribution in [3.05, 3.63) is 29.6 Å². The minimum absolute atomic E-state index is 0.164. The molecule has 0 radical (unpaired) electrons. The van der Waals surface area contributed by atoms with Gasteiger partial charge >= 0.3 is 0 Å². The summed E-state index contributed by atoms with van der Waals surface area (Å²) in [6, 6.07) is 6.30. The maximum atomic E-state index is 13.3. The summed E-state index contributed by atoms with van der Waals surface area (Å²) in [6.07, 6.45) is 0.398. The van der Waals surface area contributed by atoms with Crippen molar-refractivity contribution in [2.24, 2.45) is 5.92 Å². The van der Waals surface area contributed by atoms with Gasteiger partial charge in [0.1, 0.15) is 5.82 Å². The van der Waals surface area contributed by atoms with E-state index >= 15 is 0 Å². The van der Waals surface area contributed by atoms with Crippen LogP contribution in [0.5, 0.6) is 0 Å². The Morgan fingerprint density at radius 1 is 1.47 bits per heavy atom. The average Bonchev–Trinajstić information content (AvgIpc) is 2.32. The van der Waals surface area contributed by atoms with Gasteiger partial charge in [-0.2, -0.15) is 5.26 Å². The average molecular weight is 234 g/mol. The zero-order valence-electron chi connectivity index (χ0n) is 9.73. The second kappa shape index (κ2) is 4.72. The van der Waals surface area contributed by atoms with Crippen molar-refractivity contribution in [3.8, 4) is 6.07 Å². The van der Waals surface area contributed by atoms with E-state index in [1.54, 1.807) is 6.07 Å². The van der Waals surface area contributed by atoms with E-state index in [1.807, 2.05) is 17.9 Å². The smallest absolute Gasteiger partial charge is 0.126 e. The van der Waals surface area contributed by atoms with E-state index in [4.69, 9.17) is 5.26 Å². The maximum absolute atomic E-state index is 13.3. The zero-order chi connectivity index (χ0) is 12.4. The number of anilines is 1. The lowest BCUT2D eigenvalue weighted by Crippen LogP contribution is -2.42. The lowest BCUT2D eigenvalue weighted by atomic mass is 9.96. The third kappa shape index (κ3) is 2.56. The number of aliphatic hydroxyl groups is 1. The second-order valence-corrected chi connectivity index (χ2v) is 4.59. The topological polar surface area (TPSA) is 47.3 Å². The van der Waals surface area contributed by atoms with Gasteiger partial charge in [-0.3, -0.25) is 0 Å². The lowest BCUT2D eigenvalue weighted by Gasteiger charge is -2.36. The third-order valence-electron chi connectivity index (χ3n) is 3.24. The standard InChI is InChI=1S/C13H15FN2O/c1-9-8-16(3-2-13(9)17)12-5-10(7-15)4-11(14)6-12/h4-6,9,13,17H,2-3,8H2,1H3. The second-order valence-electron chi connectivity index (χ2n) is 4.59. The first-order valence-corrected chi connectivity index (χ1v) is 5.74. The number of nitrogens with zero attached hydrogens (tertiary/aromatic N) is 2. The summed E-state index contributed by atoms with van der Waals surface area (Å²) in [5.74, 6) is -0.227. The predicted molar refractivity (Wildman–Crippen MR) is 63.1 cm³/mol. The Kier molecular flexibility index (Phi) is 3.30. The number of piperidine rings is 1. The van der Waals surface area contributed by atoms with Crippen molar-refractivity contribution in [3.63, 3.8) is 0 Å². The van der Waals surface area contributed by atoms with Gasteiger partial charge in [0.05, 0.1) is 17.7 Å². The molecule has 1 saturated heterocycles. The van der Waals surface area contributed by atoms with Crippen molar-refractivity contribution in [1.82, 2.24) is 0 Å². The molecule has 1 aliphatic heterocycles. The lowest BCUT2D eigenvalue weighted by molar-refractivity contribution is 0.0971. The molecule has 3 nitrogen and oxygen atoms in total. The molecule has 1 aromatic rings. The van der Waals surface area contributed by atoms with Gasteiger partial charge in [-0.15, -0.1) is 0 Å². The predicted octanol–water partition coefficient (Wildman–Crippen LogP) is 1.90. The fourth-order valence-electron chi connectivity index (χ4n) is 2.19. The summed E-state index contributed by atoms with van der Waals surface area (Å²) in [5, 5.41) is 18.4. The molecule has 90 valence electrons. The number of hydrogen-bond acceptors (Lipinski definition) is 3. The Bertz CT molecular complexity index is 455. The molecule has 17 heavy (non-hydrogen) atoms. The highest BCUT2D eigenvalue weighted by molar-refractivity contribution is 5.52. The molecule has 2 atom stereocenters. The van der Waals surface area contributed by atoms with Crippen molar-refractivity contribution in [2.75, 3.05) is 18.0 Å². The molecule has 0 amide bonds. The number of benzene rings is 1. The SMILES string of the molecule is CC1CN(c2cc(F)cc(C#N)c2)CCC1O. The molecule has 2 unspecified atom stereocenters. The Hall–Kier alpha value is -1.60. The van der Waals surface area contributed by atoms with Crippen molar-refractivity contribution in [1.29, 1.82) is 5.26 Å². The summed E-state index contributed by atoms with van der Waals surface area (Å²) < 4.78 is 13.3. The van der Waals surface area contributed by atoms with Crippen LogP contribution in [-0.2, 0) is 0 Å². The van der Waals surface area contributed by atoms with Crippen LogP contribution < -0.4 is 4.90 Å². The van der Waals surface area contributed by atoms with Gasteiger partial charge in [0.15, 0.2) is 0 Å². The fraction of sp³-hybridized carbons (Fsp3) is 0.462. The summed E-state index contributed by atoms with van der Waals surface area (Å²) >= 11 is 0. The number of aliphatic hydroxyl groups excluding tert-OH is 1. The van der Waals surface area contributed by atoms with Gasteiger partial charge in [0, 0.05) is 18.8 Å². The van der Waals surface area contributed by atoms with E-state index in [0.29, 0.717) is 25.1 Å². The molecule has 4 heteroatoms. The Balaban J connectivity index is 2.23. The number of rotatable bonds is 1. The minimum Gasteiger partial charge on any atom is -0.393 e. The molecule has 1 fully saturated rings. The molecule has 0 aliphatic carbocycles. The highest BCUT2D eigenvalue weighted by Crippen LogP contribution is 2.24. The van der Waals surface area contributed by atoms with E-state index in [-0.39, 0.29) is 12.0 Å².